The van der Waals surface area contributed by atoms with Crippen molar-refractivity contribution in [2.24, 2.45) is 0 Å². The molecule has 0 aliphatic rings. The molecule has 1 heterocycles. The molecular weight excluding hydrogens is 328 g/mol. The quantitative estimate of drug-likeness (QED) is 0.783. The van der Waals surface area contributed by atoms with Gasteiger partial charge in [0.15, 0.2) is 0 Å². The van der Waals surface area contributed by atoms with Crippen LogP contribution in [0.4, 0.5) is 5.69 Å². The topological polar surface area (TPSA) is 91.8 Å². The summed E-state index contributed by atoms with van der Waals surface area (Å²) in [6.45, 7) is 1.71. The molecule has 24 heavy (non-hydrogen) atoms. The van der Waals surface area contributed by atoms with Crippen molar-refractivity contribution in [1.29, 1.82) is 5.26 Å². The second-order valence-corrected chi connectivity index (χ2v) is 5.37. The van der Waals surface area contributed by atoms with Gasteiger partial charge in [-0.15, -0.1) is 10.2 Å². The lowest BCUT2D eigenvalue weighted by Crippen LogP contribution is -2.11. The summed E-state index contributed by atoms with van der Waals surface area (Å²) in [5, 5.41) is 19.7. The predicted octanol–water partition coefficient (Wildman–Crippen LogP) is 3.82. The van der Waals surface area contributed by atoms with Crippen molar-refractivity contribution in [1.82, 2.24) is 10.2 Å². The highest BCUT2D eigenvalue weighted by molar-refractivity contribution is 6.31. The molecule has 118 valence electrons. The molecule has 0 spiro atoms. The Balaban J connectivity index is 1.77. The lowest BCUT2D eigenvalue weighted by atomic mass is 10.1. The molecule has 1 aromatic heterocycles. The van der Waals surface area contributed by atoms with Crippen LogP contribution in [0, 0.1) is 18.3 Å². The van der Waals surface area contributed by atoms with Crippen LogP contribution in [-0.4, -0.2) is 16.1 Å². The Labute approximate surface area is 142 Å². The van der Waals surface area contributed by atoms with Crippen LogP contribution in [-0.2, 0) is 0 Å². The molecule has 3 aromatic rings. The number of nitriles is 1. The fourth-order valence-electron chi connectivity index (χ4n) is 2.07. The number of halogens is 1. The van der Waals surface area contributed by atoms with Crippen molar-refractivity contribution >= 4 is 23.2 Å². The summed E-state index contributed by atoms with van der Waals surface area (Å²) in [4.78, 5) is 12.3. The number of nitrogens with zero attached hydrogens (tertiary/aromatic N) is 3. The van der Waals surface area contributed by atoms with E-state index in [1.54, 1.807) is 43.3 Å². The summed E-state index contributed by atoms with van der Waals surface area (Å²) >= 11 is 5.87. The zero-order valence-corrected chi connectivity index (χ0v) is 13.3. The molecule has 0 saturated carbocycles. The first-order valence-electron chi connectivity index (χ1n) is 6.98. The summed E-state index contributed by atoms with van der Waals surface area (Å²) < 4.78 is 5.34. The van der Waals surface area contributed by atoms with E-state index in [0.717, 1.165) is 5.56 Å². The minimum Gasteiger partial charge on any atom is -0.421 e. The Morgan fingerprint density at radius 2 is 1.96 bits per heavy atom. The summed E-state index contributed by atoms with van der Waals surface area (Å²) in [6.07, 6.45) is 0. The normalized spacial score (nSPS) is 10.2. The Morgan fingerprint density at radius 3 is 2.58 bits per heavy atom. The van der Waals surface area contributed by atoms with Gasteiger partial charge in [-0.2, -0.15) is 5.26 Å². The van der Waals surface area contributed by atoms with Crippen LogP contribution in [0.25, 0.3) is 11.5 Å². The third-order valence-corrected chi connectivity index (χ3v) is 3.59. The van der Waals surface area contributed by atoms with E-state index in [1.807, 2.05) is 6.07 Å². The van der Waals surface area contributed by atoms with Crippen LogP contribution in [0.3, 0.4) is 0 Å². The average Bonchev–Trinajstić information content (AvgIpc) is 3.03. The van der Waals surface area contributed by atoms with Crippen molar-refractivity contribution in [2.75, 3.05) is 5.32 Å². The molecule has 7 heteroatoms. The highest BCUT2D eigenvalue weighted by Crippen LogP contribution is 2.21. The molecule has 0 atom stereocenters. The van der Waals surface area contributed by atoms with Gasteiger partial charge in [-0.25, -0.2) is 0 Å². The summed E-state index contributed by atoms with van der Waals surface area (Å²) in [7, 11) is 0. The second-order valence-electron chi connectivity index (χ2n) is 4.96. The third-order valence-electron chi connectivity index (χ3n) is 3.26. The van der Waals surface area contributed by atoms with Crippen molar-refractivity contribution in [3.05, 3.63) is 64.5 Å². The highest BCUT2D eigenvalue weighted by atomic mass is 35.5. The van der Waals surface area contributed by atoms with Gasteiger partial charge < -0.3 is 9.73 Å². The van der Waals surface area contributed by atoms with Gasteiger partial charge >= 0.3 is 0 Å². The van der Waals surface area contributed by atoms with Crippen LogP contribution >= 0.6 is 11.6 Å². The minimum absolute atomic E-state index is 0.297. The molecule has 0 aliphatic carbocycles. The van der Waals surface area contributed by atoms with Gasteiger partial charge in [0.1, 0.15) is 6.07 Å². The summed E-state index contributed by atoms with van der Waals surface area (Å²) in [5.74, 6) is 0.577. The Morgan fingerprint density at radius 1 is 1.21 bits per heavy atom. The molecule has 6 nitrogen and oxygen atoms in total. The molecule has 0 radical (unpaired) electrons. The Kier molecular flexibility index (Phi) is 4.27. The lowest BCUT2D eigenvalue weighted by molar-refractivity contribution is 0.102. The number of carbonyl (C=O) groups is 1. The maximum absolute atomic E-state index is 12.3. The van der Waals surface area contributed by atoms with Crippen LogP contribution in [0.15, 0.2) is 46.9 Å². The van der Waals surface area contributed by atoms with E-state index in [-0.39, 0.29) is 5.91 Å². The van der Waals surface area contributed by atoms with Gasteiger partial charge in [-0.1, -0.05) is 11.6 Å². The first-order valence-corrected chi connectivity index (χ1v) is 7.36. The smallest absolute Gasteiger partial charge is 0.255 e. The molecule has 0 aliphatic heterocycles. The minimum atomic E-state index is -0.297. The van der Waals surface area contributed by atoms with Crippen molar-refractivity contribution in [2.45, 2.75) is 6.92 Å². The molecule has 0 unspecified atom stereocenters. The van der Waals surface area contributed by atoms with Gasteiger partial charge in [0.05, 0.1) is 10.6 Å². The van der Waals surface area contributed by atoms with E-state index < -0.39 is 0 Å². The van der Waals surface area contributed by atoms with Crippen molar-refractivity contribution < 1.29 is 9.21 Å². The van der Waals surface area contributed by atoms with Gasteiger partial charge in [-0.3, -0.25) is 4.79 Å². The van der Waals surface area contributed by atoms with E-state index in [4.69, 9.17) is 21.3 Å². The number of hydrogen-bond donors (Lipinski definition) is 1. The van der Waals surface area contributed by atoms with E-state index in [9.17, 15) is 4.79 Å². The lowest BCUT2D eigenvalue weighted by Gasteiger charge is -2.06. The molecule has 0 bridgehead atoms. The molecule has 1 amide bonds. The van der Waals surface area contributed by atoms with E-state index >= 15 is 0 Å². The number of hydrogen-bond acceptors (Lipinski definition) is 5. The van der Waals surface area contributed by atoms with Gasteiger partial charge in [-0.05, 0) is 42.5 Å². The Hall–Kier alpha value is -3.17. The Bertz CT molecular complexity index is 942. The maximum Gasteiger partial charge on any atom is 0.255 e. The van der Waals surface area contributed by atoms with E-state index in [0.29, 0.717) is 33.6 Å². The monoisotopic (exact) mass is 338 g/mol. The number of nitrogens with one attached hydrogen (secondary N) is 1. The van der Waals surface area contributed by atoms with Gasteiger partial charge in [0.2, 0.25) is 11.8 Å². The van der Waals surface area contributed by atoms with E-state index in [1.165, 1.54) is 6.07 Å². The fourth-order valence-corrected chi connectivity index (χ4v) is 2.23. The maximum atomic E-state index is 12.3. The third kappa shape index (κ3) is 3.26. The zero-order valence-electron chi connectivity index (χ0n) is 12.6. The standard InChI is InChI=1S/C17H11ClN4O2/c1-10-21-22-17(24-10)12-4-2-11(3-5-12)16(23)20-14-6-7-15(18)13(8-14)9-19/h2-8H,1H3,(H,20,23). The van der Waals surface area contributed by atoms with Gasteiger partial charge in [0, 0.05) is 23.7 Å². The van der Waals surface area contributed by atoms with Crippen LogP contribution < -0.4 is 5.32 Å². The number of aromatic nitrogens is 2. The summed E-state index contributed by atoms with van der Waals surface area (Å²) in [5.41, 5.74) is 1.99. The summed E-state index contributed by atoms with van der Waals surface area (Å²) in [6, 6.07) is 13.5. The fraction of sp³-hybridized carbons (Fsp3) is 0.0588. The molecular formula is C17H11ClN4O2. The predicted molar refractivity (Wildman–Crippen MR) is 88.6 cm³/mol. The van der Waals surface area contributed by atoms with Crippen LogP contribution in [0.1, 0.15) is 21.8 Å². The first kappa shape index (κ1) is 15.7. The number of aryl methyl sites for hydroxylation is 1. The van der Waals surface area contributed by atoms with Crippen molar-refractivity contribution in [3.63, 3.8) is 0 Å². The number of amides is 1. The highest BCUT2D eigenvalue weighted by Gasteiger charge is 2.10. The molecule has 3 rings (SSSR count). The van der Waals surface area contributed by atoms with Crippen LogP contribution in [0.2, 0.25) is 5.02 Å². The first-order chi connectivity index (χ1) is 11.6. The number of benzene rings is 2. The molecule has 2 aromatic carbocycles. The second kappa shape index (κ2) is 6.52. The zero-order chi connectivity index (χ0) is 17.1. The largest absolute Gasteiger partial charge is 0.421 e. The molecule has 0 saturated heterocycles. The molecule has 1 N–H and O–H groups in total. The number of rotatable bonds is 3. The molecule has 0 fully saturated rings. The average molecular weight is 339 g/mol. The van der Waals surface area contributed by atoms with E-state index in [2.05, 4.69) is 15.5 Å². The SMILES string of the molecule is Cc1nnc(-c2ccc(C(=O)Nc3ccc(Cl)c(C#N)c3)cc2)o1. The number of carbonyl (C=O) groups excluding carboxylic acids is 1. The van der Waals surface area contributed by atoms with Crippen LogP contribution in [0.5, 0.6) is 0 Å². The number of anilines is 1. The van der Waals surface area contributed by atoms with Gasteiger partial charge in [0.25, 0.3) is 5.91 Å². The van der Waals surface area contributed by atoms with Crippen molar-refractivity contribution in [3.8, 4) is 17.5 Å².